The van der Waals surface area contributed by atoms with E-state index in [4.69, 9.17) is 0 Å². The second-order valence-corrected chi connectivity index (χ2v) is 23.1. The zero-order valence-electron chi connectivity index (χ0n) is 41.1. The molecular weight excluding hydrogens is 879 g/mol. The fraction of sp³-hybridized carbons (Fsp3) is 0.164. The summed E-state index contributed by atoms with van der Waals surface area (Å²) in [7, 11) is 0. The Morgan fingerprint density at radius 2 is 0.847 bits per heavy atom. The maximum Gasteiger partial charge on any atom is 0.197 e. The predicted octanol–water partition coefficient (Wildman–Crippen LogP) is 16.1. The summed E-state index contributed by atoms with van der Waals surface area (Å²) in [5, 5.41) is 8.73. The lowest BCUT2D eigenvalue weighted by Gasteiger charge is -2.22. The molecule has 15 aromatic rings. The van der Waals surface area contributed by atoms with Crippen LogP contribution in [0.3, 0.4) is 0 Å². The summed E-state index contributed by atoms with van der Waals surface area (Å²) in [5.74, 6) is 0.794. The van der Waals surface area contributed by atoms with E-state index in [0.29, 0.717) is 38.9 Å². The maximum atomic E-state index is 16.3. The molecule has 2 aliphatic rings. The van der Waals surface area contributed by atoms with Gasteiger partial charge in [0.25, 0.3) is 0 Å². The van der Waals surface area contributed by atoms with Crippen molar-refractivity contribution >= 4 is 104 Å². The molecule has 0 saturated heterocycles. The molecule has 4 bridgehead atoms. The molecular formula is C67H49N3O2. The average Bonchev–Trinajstić information content (AvgIpc) is 3.94. The summed E-state index contributed by atoms with van der Waals surface area (Å²) in [4.78, 5) is 32.2. The van der Waals surface area contributed by atoms with Crippen molar-refractivity contribution in [3.63, 3.8) is 0 Å². The van der Waals surface area contributed by atoms with Crippen LogP contribution in [-0.2, 0) is 10.8 Å². The SMILES string of the molecule is CC(C)(C)c1ccc2c(c1)c(=O)c1cc3c(c4ccc5c(c4)c4ccccc4n5c4cccc5c6cccc(C7C8c9ccccc9-c9ccccc9C87)c6n3c54)c3c(=O)c4cc(C(C)(C)C)ccc4n2c13. The van der Waals surface area contributed by atoms with Crippen molar-refractivity contribution in [1.82, 2.24) is 13.2 Å². The first kappa shape index (κ1) is 40.4. The van der Waals surface area contributed by atoms with Gasteiger partial charge in [-0.1, -0.05) is 157 Å². The van der Waals surface area contributed by atoms with E-state index in [1.54, 1.807) is 0 Å². The molecule has 6 aromatic heterocycles. The fourth-order valence-corrected chi connectivity index (χ4v) is 13.9. The average molecular weight is 928 g/mol. The minimum absolute atomic E-state index is 0.0646. The van der Waals surface area contributed by atoms with Crippen LogP contribution in [0.25, 0.3) is 115 Å². The van der Waals surface area contributed by atoms with Crippen LogP contribution in [-0.4, -0.2) is 13.2 Å². The van der Waals surface area contributed by atoms with Gasteiger partial charge >= 0.3 is 0 Å². The van der Waals surface area contributed by atoms with Crippen LogP contribution < -0.4 is 10.9 Å². The Bertz CT molecular complexity index is 4890. The second kappa shape index (κ2) is 13.4. The number of fused-ring (bicyclic) bond motifs is 14. The third-order valence-electron chi connectivity index (χ3n) is 17.2. The lowest BCUT2D eigenvalue weighted by atomic mass is 9.85. The Kier molecular flexibility index (Phi) is 7.51. The van der Waals surface area contributed by atoms with Gasteiger partial charge in [0.1, 0.15) is 0 Å². The number of hydrogen-bond donors (Lipinski definition) is 0. The highest BCUT2D eigenvalue weighted by Crippen LogP contribution is 2.71. The third kappa shape index (κ3) is 4.98. The Labute approximate surface area is 414 Å². The smallest absolute Gasteiger partial charge is 0.197 e. The van der Waals surface area contributed by atoms with Crippen molar-refractivity contribution in [3.05, 3.63) is 218 Å². The lowest BCUT2D eigenvalue weighted by molar-refractivity contribution is 0.591. The minimum Gasteiger partial charge on any atom is -0.307 e. The molecule has 0 spiro atoms. The Morgan fingerprint density at radius 3 is 1.53 bits per heavy atom. The third-order valence-corrected chi connectivity index (χ3v) is 17.2. The van der Waals surface area contributed by atoms with Crippen molar-refractivity contribution in [2.45, 2.75) is 70.1 Å². The number of aromatic nitrogens is 3. The van der Waals surface area contributed by atoms with Gasteiger partial charge in [-0.25, -0.2) is 0 Å². The summed E-state index contributed by atoms with van der Waals surface area (Å²) in [5.41, 5.74) is 16.9. The molecule has 6 heterocycles. The Balaban J connectivity index is 1.21. The van der Waals surface area contributed by atoms with Gasteiger partial charge in [0.15, 0.2) is 10.9 Å². The van der Waals surface area contributed by atoms with Crippen LogP contribution in [0.2, 0.25) is 0 Å². The molecule has 0 radical (unpaired) electrons. The van der Waals surface area contributed by atoms with Gasteiger partial charge in [0.2, 0.25) is 0 Å². The van der Waals surface area contributed by atoms with E-state index in [9.17, 15) is 0 Å². The minimum atomic E-state index is -0.212. The molecule has 1 fully saturated rings. The normalized spacial score (nSPS) is 17.0. The van der Waals surface area contributed by atoms with E-state index in [1.807, 2.05) is 0 Å². The number of benzene rings is 9. The van der Waals surface area contributed by atoms with Crippen molar-refractivity contribution in [2.24, 2.45) is 0 Å². The highest BCUT2D eigenvalue weighted by molar-refractivity contribution is 6.26. The van der Waals surface area contributed by atoms with Crippen molar-refractivity contribution in [3.8, 4) is 11.1 Å². The first-order valence-corrected chi connectivity index (χ1v) is 25.5. The molecule has 2 atom stereocenters. The number of rotatable bonds is 1. The molecule has 5 nitrogen and oxygen atoms in total. The molecule has 344 valence electrons. The van der Waals surface area contributed by atoms with Crippen molar-refractivity contribution in [1.29, 1.82) is 0 Å². The van der Waals surface area contributed by atoms with Gasteiger partial charge in [-0.2, -0.15) is 0 Å². The topological polar surface area (TPSA) is 47.4 Å². The first-order chi connectivity index (χ1) is 34.9. The van der Waals surface area contributed by atoms with Gasteiger partial charge in [0, 0.05) is 49.0 Å². The summed E-state index contributed by atoms with van der Waals surface area (Å²) in [6.45, 7) is 13.2. The van der Waals surface area contributed by atoms with Crippen LogP contribution in [0, 0.1) is 0 Å². The molecule has 0 N–H and O–H groups in total. The summed E-state index contributed by atoms with van der Waals surface area (Å²) >= 11 is 0. The fourth-order valence-electron chi connectivity index (χ4n) is 13.9. The van der Waals surface area contributed by atoms with Crippen molar-refractivity contribution in [2.75, 3.05) is 0 Å². The summed E-state index contributed by atoms with van der Waals surface area (Å²) < 4.78 is 7.18. The number of nitrogens with zero attached hydrogens (tertiary/aromatic N) is 3. The molecule has 1 saturated carbocycles. The second-order valence-electron chi connectivity index (χ2n) is 23.1. The Morgan fingerprint density at radius 1 is 0.333 bits per heavy atom. The standard InChI is InChI=1S/C67H49N3O2/c1-66(2,3)36-26-29-52-47(32-36)64(71)49-34-55-56(60-63(49)69(52)53-30-27-37(67(4,5)6)33-48(53)65(60)72)35-25-28-51-46(31-35)40-17-11-12-23-50(40)68(51)54-24-14-21-44-43-20-13-22-45(61(43)70(55)62(44)54)59-57-41-18-9-7-15-38(41)39-16-8-10-19-42(39)58(57)59/h7-34,57-59H,1-6H3. The van der Waals surface area contributed by atoms with E-state index >= 15 is 9.59 Å². The van der Waals surface area contributed by atoms with E-state index in [0.717, 1.165) is 87.6 Å². The molecule has 72 heavy (non-hydrogen) atoms. The molecule has 2 unspecified atom stereocenters. The quantitative estimate of drug-likeness (QED) is 0.122. The summed E-state index contributed by atoms with van der Waals surface area (Å²) in [6.07, 6.45) is 0. The molecule has 0 amide bonds. The zero-order valence-corrected chi connectivity index (χ0v) is 41.1. The van der Waals surface area contributed by atoms with E-state index < -0.39 is 0 Å². The van der Waals surface area contributed by atoms with Gasteiger partial charge in [-0.15, -0.1) is 0 Å². The van der Waals surface area contributed by atoms with E-state index in [1.165, 1.54) is 27.8 Å². The van der Waals surface area contributed by atoms with Gasteiger partial charge in [-0.3, -0.25) is 9.59 Å². The van der Waals surface area contributed by atoms with Gasteiger partial charge in [0.05, 0.1) is 55.0 Å². The first-order valence-electron chi connectivity index (χ1n) is 25.5. The van der Waals surface area contributed by atoms with Gasteiger partial charge < -0.3 is 13.2 Å². The molecule has 2 aliphatic carbocycles. The molecule has 17 rings (SSSR count). The van der Waals surface area contributed by atoms with E-state index in [2.05, 4.69) is 225 Å². The largest absolute Gasteiger partial charge is 0.307 e. The molecule has 0 aliphatic heterocycles. The zero-order chi connectivity index (χ0) is 48.4. The van der Waals surface area contributed by atoms with Gasteiger partial charge in [-0.05, 0) is 122 Å². The maximum absolute atomic E-state index is 16.3. The summed E-state index contributed by atoms with van der Waals surface area (Å²) in [6, 6.07) is 62.1. The van der Waals surface area contributed by atoms with Crippen LogP contribution in [0.5, 0.6) is 0 Å². The molecule has 5 heteroatoms. The highest BCUT2D eigenvalue weighted by atomic mass is 16.1. The number of pyridine rings is 2. The van der Waals surface area contributed by atoms with Crippen LogP contribution in [0.1, 0.15) is 87.1 Å². The van der Waals surface area contributed by atoms with Crippen LogP contribution >= 0.6 is 0 Å². The Hall–Kier alpha value is -8.28. The monoisotopic (exact) mass is 927 g/mol. The van der Waals surface area contributed by atoms with Crippen molar-refractivity contribution < 1.29 is 0 Å². The predicted molar refractivity (Wildman–Crippen MR) is 301 cm³/mol. The molecule has 9 aromatic carbocycles. The highest BCUT2D eigenvalue weighted by Gasteiger charge is 2.56. The number of hydrogen-bond acceptors (Lipinski definition) is 2. The van der Waals surface area contributed by atoms with Crippen LogP contribution in [0.4, 0.5) is 0 Å². The number of para-hydroxylation sites is 3. The van der Waals surface area contributed by atoms with Crippen LogP contribution in [0.15, 0.2) is 179 Å². The lowest BCUT2D eigenvalue weighted by Crippen LogP contribution is -2.18. The van der Waals surface area contributed by atoms with E-state index in [-0.39, 0.29) is 27.6 Å².